The summed E-state index contributed by atoms with van der Waals surface area (Å²) in [5.74, 6) is 0. The summed E-state index contributed by atoms with van der Waals surface area (Å²) >= 11 is 0. The number of para-hydroxylation sites is 1. The van der Waals surface area contributed by atoms with E-state index in [2.05, 4.69) is 95.6 Å². The Morgan fingerprint density at radius 1 is 0.761 bits per heavy atom. The van der Waals surface area contributed by atoms with Crippen molar-refractivity contribution in [1.29, 1.82) is 5.26 Å². The molecule has 222 valence electrons. The lowest BCUT2D eigenvalue weighted by Gasteiger charge is -2.17. The number of benzene rings is 6. The third-order valence-electron chi connectivity index (χ3n) is 8.14. The predicted molar refractivity (Wildman–Crippen MR) is 188 cm³/mol. The number of nitrogens with two attached hydrogens (primary N) is 1. The molecule has 0 spiro atoms. The minimum atomic E-state index is -0.385. The molecule has 7 rings (SSSR count). The van der Waals surface area contributed by atoms with Crippen molar-refractivity contribution in [1.82, 2.24) is 5.32 Å². The van der Waals surface area contributed by atoms with Crippen molar-refractivity contribution in [2.75, 3.05) is 5.32 Å². The molecule has 1 unspecified atom stereocenters. The summed E-state index contributed by atoms with van der Waals surface area (Å²) in [6, 6.07) is 50.7. The molecule has 0 saturated carbocycles. The van der Waals surface area contributed by atoms with E-state index in [-0.39, 0.29) is 6.04 Å². The van der Waals surface area contributed by atoms with E-state index in [0.717, 1.165) is 66.8 Å². The standard InChI is InChI=1S/C41H32N4O/c42-26-28-11-9-17-32(23-28)37(43)25-38(31-15-5-2-6-16-31)44-27-29-12-10-18-33(24-29)45-40-34(30-13-3-1-4-14-30)21-22-36-35-19-7-8-20-39(35)46-41(36)40/h1-25,37,44-45H,27,43H2/b38-25-. The zero-order valence-electron chi connectivity index (χ0n) is 25.2. The van der Waals surface area contributed by atoms with Crippen molar-refractivity contribution in [3.05, 3.63) is 174 Å². The first-order valence-corrected chi connectivity index (χ1v) is 15.3. The van der Waals surface area contributed by atoms with Gasteiger partial charge in [-0.25, -0.2) is 0 Å². The van der Waals surface area contributed by atoms with Crippen LogP contribution >= 0.6 is 0 Å². The van der Waals surface area contributed by atoms with Crippen LogP contribution in [-0.2, 0) is 6.54 Å². The summed E-state index contributed by atoms with van der Waals surface area (Å²) in [6.07, 6.45) is 2.02. The van der Waals surface area contributed by atoms with E-state index in [9.17, 15) is 5.26 Å². The smallest absolute Gasteiger partial charge is 0.159 e. The fraction of sp³-hybridized carbons (Fsp3) is 0.0488. The maximum Gasteiger partial charge on any atom is 0.159 e. The predicted octanol–water partition coefficient (Wildman–Crippen LogP) is 9.70. The zero-order chi connectivity index (χ0) is 31.3. The van der Waals surface area contributed by atoms with Gasteiger partial charge in [-0.2, -0.15) is 5.26 Å². The van der Waals surface area contributed by atoms with Crippen LogP contribution in [0.25, 0.3) is 38.8 Å². The summed E-state index contributed by atoms with van der Waals surface area (Å²) in [6.45, 7) is 0.585. The maximum atomic E-state index is 9.36. The Balaban J connectivity index is 1.20. The van der Waals surface area contributed by atoms with E-state index in [1.807, 2.05) is 66.7 Å². The van der Waals surface area contributed by atoms with Crippen LogP contribution in [-0.4, -0.2) is 0 Å². The number of nitriles is 1. The van der Waals surface area contributed by atoms with E-state index >= 15 is 0 Å². The molecule has 1 atom stereocenters. The topological polar surface area (TPSA) is 87.0 Å². The van der Waals surface area contributed by atoms with Crippen LogP contribution in [0.15, 0.2) is 156 Å². The first kappa shape index (κ1) is 28.7. The lowest BCUT2D eigenvalue weighted by molar-refractivity contribution is 0.670. The number of hydrogen-bond donors (Lipinski definition) is 3. The molecule has 0 fully saturated rings. The number of rotatable bonds is 9. The van der Waals surface area contributed by atoms with Crippen molar-refractivity contribution < 1.29 is 4.42 Å². The third-order valence-corrected chi connectivity index (χ3v) is 8.14. The first-order valence-electron chi connectivity index (χ1n) is 15.3. The molecule has 7 aromatic rings. The molecule has 1 heterocycles. The van der Waals surface area contributed by atoms with E-state index < -0.39 is 0 Å². The normalized spacial score (nSPS) is 12.1. The first-order chi connectivity index (χ1) is 22.7. The Morgan fingerprint density at radius 3 is 2.35 bits per heavy atom. The van der Waals surface area contributed by atoms with Crippen molar-refractivity contribution >= 4 is 39.0 Å². The minimum absolute atomic E-state index is 0.385. The molecule has 5 heteroatoms. The number of furan rings is 1. The van der Waals surface area contributed by atoms with Crippen molar-refractivity contribution in [2.24, 2.45) is 5.73 Å². The Morgan fingerprint density at radius 2 is 1.52 bits per heavy atom. The van der Waals surface area contributed by atoms with Gasteiger partial charge in [-0.05, 0) is 64.7 Å². The molecular weight excluding hydrogens is 564 g/mol. The lowest BCUT2D eigenvalue weighted by atomic mass is 10.0. The molecule has 4 N–H and O–H groups in total. The van der Waals surface area contributed by atoms with E-state index in [4.69, 9.17) is 10.2 Å². The van der Waals surface area contributed by atoms with Crippen LogP contribution in [0.5, 0.6) is 0 Å². The van der Waals surface area contributed by atoms with Crippen LogP contribution in [0.4, 0.5) is 11.4 Å². The highest BCUT2D eigenvalue weighted by molar-refractivity contribution is 6.12. The second-order valence-electron chi connectivity index (χ2n) is 11.2. The molecule has 5 nitrogen and oxygen atoms in total. The second-order valence-corrected chi connectivity index (χ2v) is 11.2. The molecule has 1 aromatic heterocycles. The van der Waals surface area contributed by atoms with Crippen molar-refractivity contribution in [3.8, 4) is 17.2 Å². The Kier molecular flexibility index (Phi) is 8.02. The van der Waals surface area contributed by atoms with E-state index in [1.165, 1.54) is 0 Å². The Bertz CT molecular complexity index is 2210. The molecule has 0 amide bonds. The van der Waals surface area contributed by atoms with Gasteiger partial charge in [0, 0.05) is 34.3 Å². The summed E-state index contributed by atoms with van der Waals surface area (Å²) in [7, 11) is 0. The number of fused-ring (bicyclic) bond motifs is 3. The number of nitrogens with one attached hydrogen (secondary N) is 2. The fourth-order valence-electron chi connectivity index (χ4n) is 5.84. The third kappa shape index (κ3) is 5.98. The summed E-state index contributed by atoms with van der Waals surface area (Å²) in [5.41, 5.74) is 16.9. The average Bonchev–Trinajstić information content (AvgIpc) is 3.50. The molecule has 0 bridgehead atoms. The van der Waals surface area contributed by atoms with Gasteiger partial charge in [0.1, 0.15) is 5.58 Å². The number of nitrogens with zero attached hydrogens (tertiary/aromatic N) is 1. The van der Waals surface area contributed by atoms with Crippen LogP contribution in [0, 0.1) is 11.3 Å². The molecule has 0 radical (unpaired) electrons. The van der Waals surface area contributed by atoms with Gasteiger partial charge in [-0.3, -0.25) is 0 Å². The summed E-state index contributed by atoms with van der Waals surface area (Å²) in [5, 5.41) is 18.9. The zero-order valence-corrected chi connectivity index (χ0v) is 25.2. The van der Waals surface area contributed by atoms with Gasteiger partial charge in [0.05, 0.1) is 23.4 Å². The minimum Gasteiger partial charge on any atom is -0.454 e. The molecule has 0 aliphatic carbocycles. The number of hydrogen-bond acceptors (Lipinski definition) is 5. The van der Waals surface area contributed by atoms with Gasteiger partial charge in [-0.15, -0.1) is 0 Å². The van der Waals surface area contributed by atoms with Gasteiger partial charge >= 0.3 is 0 Å². The molecule has 0 saturated heterocycles. The molecule has 0 aliphatic rings. The van der Waals surface area contributed by atoms with E-state index in [1.54, 1.807) is 6.07 Å². The molecule has 0 aliphatic heterocycles. The maximum absolute atomic E-state index is 9.36. The van der Waals surface area contributed by atoms with Gasteiger partial charge in [-0.1, -0.05) is 109 Å². The lowest BCUT2D eigenvalue weighted by Crippen LogP contribution is -2.16. The highest BCUT2D eigenvalue weighted by Crippen LogP contribution is 2.41. The average molecular weight is 597 g/mol. The van der Waals surface area contributed by atoms with Crippen molar-refractivity contribution in [2.45, 2.75) is 12.6 Å². The Hall–Kier alpha value is -6.09. The highest BCUT2D eigenvalue weighted by Gasteiger charge is 2.16. The molecule has 46 heavy (non-hydrogen) atoms. The van der Waals surface area contributed by atoms with Crippen LogP contribution in [0.1, 0.15) is 28.3 Å². The number of anilines is 2. The monoisotopic (exact) mass is 596 g/mol. The van der Waals surface area contributed by atoms with Crippen LogP contribution in [0.3, 0.4) is 0 Å². The quantitative estimate of drug-likeness (QED) is 0.154. The van der Waals surface area contributed by atoms with Crippen LogP contribution in [0.2, 0.25) is 0 Å². The Labute approximate surface area is 268 Å². The van der Waals surface area contributed by atoms with Crippen LogP contribution < -0.4 is 16.4 Å². The van der Waals surface area contributed by atoms with E-state index in [0.29, 0.717) is 12.1 Å². The summed E-state index contributed by atoms with van der Waals surface area (Å²) in [4.78, 5) is 0. The molecule has 6 aromatic carbocycles. The molecular formula is C41H32N4O. The SMILES string of the molecule is N#Cc1cccc(C(N)/C=C(\NCc2cccc(Nc3c(-c4ccccc4)ccc4c3oc3ccccc34)c2)c2ccccc2)c1. The van der Waals surface area contributed by atoms with Gasteiger partial charge < -0.3 is 20.8 Å². The summed E-state index contributed by atoms with van der Waals surface area (Å²) < 4.78 is 6.45. The van der Waals surface area contributed by atoms with Gasteiger partial charge in [0.2, 0.25) is 0 Å². The van der Waals surface area contributed by atoms with Crippen molar-refractivity contribution in [3.63, 3.8) is 0 Å². The van der Waals surface area contributed by atoms with Gasteiger partial charge in [0.15, 0.2) is 5.58 Å². The fourth-order valence-corrected chi connectivity index (χ4v) is 5.84. The second kappa shape index (κ2) is 12.9. The highest BCUT2D eigenvalue weighted by atomic mass is 16.3. The van der Waals surface area contributed by atoms with Gasteiger partial charge in [0.25, 0.3) is 0 Å². The largest absolute Gasteiger partial charge is 0.454 e.